The monoisotopic (exact) mass is 592 g/mol. The van der Waals surface area contributed by atoms with Gasteiger partial charge in [-0.1, -0.05) is 18.3 Å². The highest BCUT2D eigenvalue weighted by Crippen LogP contribution is 2.45. The fourth-order valence-electron chi connectivity index (χ4n) is 6.51. The van der Waals surface area contributed by atoms with Crippen LogP contribution in [0.15, 0.2) is 61.3 Å². The fourth-order valence-corrected chi connectivity index (χ4v) is 6.86. The number of aromatic nitrogens is 1. The summed E-state index contributed by atoms with van der Waals surface area (Å²) in [4.78, 5) is 7.33. The number of alkyl halides is 6. The Labute approximate surface area is 240 Å². The molecule has 0 radical (unpaired) electrons. The lowest BCUT2D eigenvalue weighted by molar-refractivity contribution is -0.143. The molecule has 3 aliphatic rings. The molecule has 2 aromatic carbocycles. The van der Waals surface area contributed by atoms with E-state index in [0.29, 0.717) is 28.9 Å². The van der Waals surface area contributed by atoms with Crippen LogP contribution in [0.1, 0.15) is 47.4 Å². The number of rotatable bonds is 8. The van der Waals surface area contributed by atoms with Gasteiger partial charge in [-0.15, -0.1) is 6.58 Å². The van der Waals surface area contributed by atoms with Gasteiger partial charge in [-0.25, -0.2) is 0 Å². The Morgan fingerprint density at radius 2 is 1.80 bits per heavy atom. The SMILES string of the molecule is C=CC1CN2CCC1C[C@@H]2[C@H](CC(=S)Cc1cc(C(F)(F)F)cc(C(F)(F)F)c1)c1ccnc2ccc(OC)cc12. The van der Waals surface area contributed by atoms with E-state index in [9.17, 15) is 26.3 Å². The molecule has 3 nitrogen and oxygen atoms in total. The zero-order valence-corrected chi connectivity index (χ0v) is 23.3. The number of hydrogen-bond acceptors (Lipinski definition) is 4. The van der Waals surface area contributed by atoms with E-state index in [1.165, 1.54) is 0 Å². The van der Waals surface area contributed by atoms with E-state index in [1.807, 2.05) is 30.3 Å². The van der Waals surface area contributed by atoms with E-state index in [4.69, 9.17) is 17.0 Å². The van der Waals surface area contributed by atoms with Crippen molar-refractivity contribution in [2.24, 2.45) is 11.8 Å². The topological polar surface area (TPSA) is 25.4 Å². The second-order valence-corrected chi connectivity index (χ2v) is 11.5. The molecular weight excluding hydrogens is 562 g/mol. The minimum Gasteiger partial charge on any atom is -0.497 e. The molecule has 6 rings (SSSR count). The van der Waals surface area contributed by atoms with Gasteiger partial charge in [0, 0.05) is 36.5 Å². The van der Waals surface area contributed by atoms with Crippen LogP contribution in [0.2, 0.25) is 0 Å². The fraction of sp³-hybridized carbons (Fsp3) is 0.419. The van der Waals surface area contributed by atoms with Crippen molar-refractivity contribution in [1.29, 1.82) is 0 Å². The highest BCUT2D eigenvalue weighted by atomic mass is 32.1. The third-order valence-electron chi connectivity index (χ3n) is 8.50. The Morgan fingerprint density at radius 3 is 2.39 bits per heavy atom. The van der Waals surface area contributed by atoms with Gasteiger partial charge in [0.1, 0.15) is 5.75 Å². The highest BCUT2D eigenvalue weighted by molar-refractivity contribution is 7.80. The Hall–Kier alpha value is -2.98. The molecule has 0 spiro atoms. The lowest BCUT2D eigenvalue weighted by Crippen LogP contribution is -2.55. The molecule has 3 aromatic rings. The van der Waals surface area contributed by atoms with Gasteiger partial charge in [-0.2, -0.15) is 26.3 Å². The van der Waals surface area contributed by atoms with Crippen LogP contribution in [-0.4, -0.2) is 41.0 Å². The predicted octanol–water partition coefficient (Wildman–Crippen LogP) is 8.26. The van der Waals surface area contributed by atoms with Gasteiger partial charge in [0.05, 0.1) is 23.8 Å². The molecule has 2 bridgehead atoms. The van der Waals surface area contributed by atoms with Crippen molar-refractivity contribution < 1.29 is 31.1 Å². The van der Waals surface area contributed by atoms with Gasteiger partial charge in [0.25, 0.3) is 0 Å². The number of thiocarbonyl (C=S) groups is 1. The van der Waals surface area contributed by atoms with E-state index >= 15 is 0 Å². The second kappa shape index (κ2) is 11.4. The summed E-state index contributed by atoms with van der Waals surface area (Å²) in [7, 11) is 1.58. The standard InChI is InChI=1S/C31H30F6N2OS/c1-3-19-17-39-9-7-20(19)13-29(39)27(25-6-8-38-28-5-4-23(40-2)15-26(25)28)16-24(41)12-18-10-21(30(32,33)34)14-22(11-18)31(35,36)37/h3-6,8,10-11,14-15,19-20,27,29H,1,7,9,12-13,16-17H2,2H3/t19?,20?,27-,29-/m1/s1. The number of hydrogen-bond donors (Lipinski definition) is 0. The highest BCUT2D eigenvalue weighted by Gasteiger charge is 2.43. The number of nitrogens with zero attached hydrogens (tertiary/aromatic N) is 2. The molecule has 3 aliphatic heterocycles. The van der Waals surface area contributed by atoms with Gasteiger partial charge in [-0.05, 0) is 96.1 Å². The Bertz CT molecular complexity index is 1420. The molecule has 218 valence electrons. The molecule has 0 aliphatic carbocycles. The number of pyridine rings is 1. The van der Waals surface area contributed by atoms with Crippen LogP contribution in [-0.2, 0) is 18.8 Å². The van der Waals surface area contributed by atoms with Crippen molar-refractivity contribution in [2.75, 3.05) is 20.2 Å². The van der Waals surface area contributed by atoms with Crippen molar-refractivity contribution in [3.05, 3.63) is 83.6 Å². The summed E-state index contributed by atoms with van der Waals surface area (Å²) in [5, 5.41) is 0.890. The third kappa shape index (κ3) is 6.28. The lowest BCUT2D eigenvalue weighted by Gasteiger charge is -2.52. The molecule has 3 saturated heterocycles. The Kier molecular flexibility index (Phi) is 8.18. The van der Waals surface area contributed by atoms with Crippen molar-refractivity contribution in [3.8, 4) is 5.75 Å². The van der Waals surface area contributed by atoms with E-state index in [0.717, 1.165) is 54.5 Å². The van der Waals surface area contributed by atoms with Crippen LogP contribution in [0.3, 0.4) is 0 Å². The largest absolute Gasteiger partial charge is 0.497 e. The van der Waals surface area contributed by atoms with Crippen LogP contribution < -0.4 is 4.74 Å². The maximum absolute atomic E-state index is 13.5. The van der Waals surface area contributed by atoms with Crippen molar-refractivity contribution in [2.45, 2.75) is 50.0 Å². The van der Waals surface area contributed by atoms with Crippen LogP contribution in [0.25, 0.3) is 10.9 Å². The number of halogens is 6. The van der Waals surface area contributed by atoms with Crippen molar-refractivity contribution >= 4 is 28.0 Å². The summed E-state index contributed by atoms with van der Waals surface area (Å²) in [6.07, 6.45) is -3.97. The predicted molar refractivity (Wildman–Crippen MR) is 150 cm³/mol. The molecule has 3 unspecified atom stereocenters. The maximum atomic E-state index is 13.5. The summed E-state index contributed by atoms with van der Waals surface area (Å²) < 4.78 is 86.3. The molecule has 0 amide bonds. The minimum atomic E-state index is -4.91. The van der Waals surface area contributed by atoms with Gasteiger partial charge < -0.3 is 4.74 Å². The first-order valence-electron chi connectivity index (χ1n) is 13.5. The first kappa shape index (κ1) is 29.5. The molecule has 1 aromatic heterocycles. The van der Waals surface area contributed by atoms with Gasteiger partial charge in [0.2, 0.25) is 0 Å². The molecule has 4 heterocycles. The third-order valence-corrected chi connectivity index (χ3v) is 8.81. The maximum Gasteiger partial charge on any atom is 0.416 e. The van der Waals surface area contributed by atoms with E-state index in [-0.39, 0.29) is 30.0 Å². The van der Waals surface area contributed by atoms with Crippen LogP contribution in [0.4, 0.5) is 26.3 Å². The van der Waals surface area contributed by atoms with Gasteiger partial charge in [-0.3, -0.25) is 9.88 Å². The Balaban J connectivity index is 1.51. The minimum absolute atomic E-state index is 0.102. The van der Waals surface area contributed by atoms with E-state index in [2.05, 4.69) is 16.5 Å². The summed E-state index contributed by atoms with van der Waals surface area (Å²) in [6, 6.07) is 9.34. The van der Waals surface area contributed by atoms with E-state index in [1.54, 1.807) is 13.3 Å². The molecule has 3 fully saturated rings. The first-order chi connectivity index (χ1) is 19.4. The van der Waals surface area contributed by atoms with Crippen molar-refractivity contribution in [1.82, 2.24) is 9.88 Å². The second-order valence-electron chi connectivity index (χ2n) is 11.0. The van der Waals surface area contributed by atoms with E-state index < -0.39 is 23.5 Å². The molecule has 0 saturated carbocycles. The smallest absolute Gasteiger partial charge is 0.416 e. The normalized spacial score (nSPS) is 23.4. The van der Waals surface area contributed by atoms with Crippen LogP contribution >= 0.6 is 12.2 Å². The zero-order valence-electron chi connectivity index (χ0n) is 22.4. The molecule has 41 heavy (non-hydrogen) atoms. The summed E-state index contributed by atoms with van der Waals surface area (Å²) in [6.45, 7) is 5.78. The van der Waals surface area contributed by atoms with Gasteiger partial charge in [0.15, 0.2) is 0 Å². The number of benzene rings is 2. The van der Waals surface area contributed by atoms with Crippen LogP contribution in [0.5, 0.6) is 5.75 Å². The number of fused-ring (bicyclic) bond motifs is 4. The lowest BCUT2D eigenvalue weighted by atomic mass is 9.70. The zero-order chi connectivity index (χ0) is 29.5. The number of ether oxygens (including phenoxy) is 1. The molecule has 5 atom stereocenters. The van der Waals surface area contributed by atoms with Crippen molar-refractivity contribution in [3.63, 3.8) is 0 Å². The average molecular weight is 593 g/mol. The summed E-state index contributed by atoms with van der Waals surface area (Å²) in [5.74, 6) is 1.36. The molecular formula is C31H30F6N2OS. The summed E-state index contributed by atoms with van der Waals surface area (Å²) >= 11 is 5.72. The van der Waals surface area contributed by atoms with Crippen LogP contribution in [0, 0.1) is 11.8 Å². The molecule has 10 heteroatoms. The number of piperidine rings is 3. The Morgan fingerprint density at radius 1 is 1.10 bits per heavy atom. The average Bonchev–Trinajstić information content (AvgIpc) is 2.94. The number of methoxy groups -OCH3 is 1. The summed E-state index contributed by atoms with van der Waals surface area (Å²) in [5.41, 5.74) is -1.01. The van der Waals surface area contributed by atoms with Gasteiger partial charge >= 0.3 is 12.4 Å². The quantitative estimate of drug-likeness (QED) is 0.149. The first-order valence-corrected chi connectivity index (χ1v) is 13.9. The molecule has 0 N–H and O–H groups in total.